The Morgan fingerprint density at radius 2 is 2.06 bits per heavy atom. The van der Waals surface area contributed by atoms with Crippen LogP contribution in [0.15, 0.2) is 11.6 Å². The molecule has 0 aliphatic heterocycles. The van der Waals surface area contributed by atoms with E-state index in [2.05, 4.69) is 37.5 Å². The van der Waals surface area contributed by atoms with E-state index in [9.17, 15) is 5.11 Å². The first-order valence-electron chi connectivity index (χ1n) is 6.52. The van der Waals surface area contributed by atoms with Gasteiger partial charge in [-0.25, -0.2) is 0 Å². The molecular weight excluding hydrogens is 214 g/mol. The van der Waals surface area contributed by atoms with E-state index in [0.29, 0.717) is 0 Å². The Hall–Kier alpha value is -0.420. The van der Waals surface area contributed by atoms with Crippen LogP contribution in [0.3, 0.4) is 0 Å². The van der Waals surface area contributed by atoms with E-state index in [1.165, 1.54) is 5.57 Å². The molecule has 2 atom stereocenters. The molecule has 3 N–H and O–H groups in total. The molecule has 0 rings (SSSR count). The number of hydrogen-bond donors (Lipinski definition) is 3. The highest BCUT2D eigenvalue weighted by molar-refractivity contribution is 4.99. The Kier molecular flexibility index (Phi) is 9.36. The maximum absolute atomic E-state index is 9.67. The molecule has 0 spiro atoms. The molecule has 0 bridgehead atoms. The van der Waals surface area contributed by atoms with Crippen molar-refractivity contribution in [2.45, 2.75) is 52.9 Å². The molecule has 0 radical (unpaired) electrons. The van der Waals surface area contributed by atoms with Crippen molar-refractivity contribution < 1.29 is 5.11 Å². The molecule has 4 nitrogen and oxygen atoms in total. The van der Waals surface area contributed by atoms with E-state index in [-0.39, 0.29) is 12.4 Å². The summed E-state index contributed by atoms with van der Waals surface area (Å²) in [6.07, 6.45) is 3.84. The number of aliphatic hydroxyl groups excluding tert-OH is 1. The van der Waals surface area contributed by atoms with Gasteiger partial charge in [0.15, 0.2) is 0 Å². The second kappa shape index (κ2) is 9.59. The van der Waals surface area contributed by atoms with Crippen LogP contribution >= 0.6 is 0 Å². The molecule has 0 heterocycles. The van der Waals surface area contributed by atoms with Gasteiger partial charge in [0.05, 0.1) is 6.17 Å². The molecule has 0 saturated carbocycles. The monoisotopic (exact) mass is 243 g/mol. The summed E-state index contributed by atoms with van der Waals surface area (Å²) in [5.74, 6) is 0. The first-order valence-corrected chi connectivity index (χ1v) is 6.52. The summed E-state index contributed by atoms with van der Waals surface area (Å²) < 4.78 is 0. The normalized spacial score (nSPS) is 16.3. The van der Waals surface area contributed by atoms with Gasteiger partial charge in [-0.3, -0.25) is 10.2 Å². The van der Waals surface area contributed by atoms with Crippen molar-refractivity contribution in [3.8, 4) is 0 Å². The fourth-order valence-electron chi connectivity index (χ4n) is 1.59. The molecular formula is C13H29N3O. The largest absolute Gasteiger partial charge is 0.378 e. The lowest BCUT2D eigenvalue weighted by atomic mass is 10.2. The van der Waals surface area contributed by atoms with E-state index < -0.39 is 0 Å². The van der Waals surface area contributed by atoms with Crippen molar-refractivity contribution >= 4 is 0 Å². The van der Waals surface area contributed by atoms with Crippen LogP contribution in [0, 0.1) is 0 Å². The Bertz CT molecular complexity index is 219. The molecule has 0 aromatic rings. The van der Waals surface area contributed by atoms with Crippen LogP contribution in [0.2, 0.25) is 0 Å². The molecule has 0 aromatic heterocycles. The highest BCUT2D eigenvalue weighted by Gasteiger charge is 2.14. The van der Waals surface area contributed by atoms with Crippen molar-refractivity contribution in [3.05, 3.63) is 11.6 Å². The quantitative estimate of drug-likeness (QED) is 0.326. The Balaban J connectivity index is 3.71. The summed E-state index contributed by atoms with van der Waals surface area (Å²) in [4.78, 5) is 1.93. The molecule has 0 aliphatic rings. The highest BCUT2D eigenvalue weighted by atomic mass is 16.3. The van der Waals surface area contributed by atoms with Crippen LogP contribution in [0.5, 0.6) is 0 Å². The van der Waals surface area contributed by atoms with Crippen molar-refractivity contribution in [2.75, 3.05) is 20.3 Å². The number of rotatable bonds is 9. The van der Waals surface area contributed by atoms with E-state index in [1.807, 2.05) is 18.9 Å². The minimum absolute atomic E-state index is 0.160. The minimum Gasteiger partial charge on any atom is -0.378 e. The van der Waals surface area contributed by atoms with E-state index >= 15 is 0 Å². The van der Waals surface area contributed by atoms with Crippen molar-refractivity contribution in [1.82, 2.24) is 15.5 Å². The molecule has 4 heteroatoms. The number of nitrogens with zero attached hydrogens (tertiary/aromatic N) is 1. The minimum atomic E-state index is -0.376. The standard InChI is InChI=1S/C13H29N3O/c1-6-8-11(3)9-14-10-15-12(4)16(5)13(17)7-2/h8,12-15,17H,6-7,9-10H2,1-5H3/b11-8+. The van der Waals surface area contributed by atoms with Gasteiger partial charge in [-0.1, -0.05) is 25.5 Å². The molecule has 0 aromatic carbocycles. The average Bonchev–Trinajstić information content (AvgIpc) is 2.32. The first-order chi connectivity index (χ1) is 8.02. The zero-order valence-corrected chi connectivity index (χ0v) is 12.0. The summed E-state index contributed by atoms with van der Waals surface area (Å²) in [6.45, 7) is 9.96. The van der Waals surface area contributed by atoms with Gasteiger partial charge in [0, 0.05) is 13.2 Å². The molecule has 0 fully saturated rings. The van der Waals surface area contributed by atoms with E-state index in [4.69, 9.17) is 0 Å². The van der Waals surface area contributed by atoms with Crippen molar-refractivity contribution in [3.63, 3.8) is 0 Å². The maximum atomic E-state index is 9.67. The van der Waals surface area contributed by atoms with Crippen LogP contribution in [-0.2, 0) is 0 Å². The second-order valence-electron chi connectivity index (χ2n) is 4.50. The van der Waals surface area contributed by atoms with Gasteiger partial charge in [-0.2, -0.15) is 0 Å². The topological polar surface area (TPSA) is 47.5 Å². The highest BCUT2D eigenvalue weighted by Crippen LogP contribution is 2.00. The lowest BCUT2D eigenvalue weighted by Crippen LogP contribution is -2.49. The van der Waals surface area contributed by atoms with Crippen molar-refractivity contribution in [2.24, 2.45) is 0 Å². The zero-order valence-electron chi connectivity index (χ0n) is 12.0. The van der Waals surface area contributed by atoms with Crippen LogP contribution in [0.1, 0.15) is 40.5 Å². The lowest BCUT2D eigenvalue weighted by molar-refractivity contribution is -0.0127. The fraction of sp³-hybridized carbons (Fsp3) is 0.846. The van der Waals surface area contributed by atoms with E-state index in [1.54, 1.807) is 0 Å². The second-order valence-corrected chi connectivity index (χ2v) is 4.50. The average molecular weight is 243 g/mol. The number of nitrogens with one attached hydrogen (secondary N) is 2. The van der Waals surface area contributed by atoms with Crippen LogP contribution < -0.4 is 10.6 Å². The van der Waals surface area contributed by atoms with Gasteiger partial charge >= 0.3 is 0 Å². The van der Waals surface area contributed by atoms with Crippen LogP contribution in [0.25, 0.3) is 0 Å². The summed E-state index contributed by atoms with van der Waals surface area (Å²) >= 11 is 0. The number of aliphatic hydroxyl groups is 1. The van der Waals surface area contributed by atoms with E-state index in [0.717, 1.165) is 26.1 Å². The third kappa shape index (κ3) is 7.49. The Morgan fingerprint density at radius 1 is 1.41 bits per heavy atom. The zero-order chi connectivity index (χ0) is 13.3. The van der Waals surface area contributed by atoms with Gasteiger partial charge < -0.3 is 10.4 Å². The van der Waals surface area contributed by atoms with Gasteiger partial charge in [-0.05, 0) is 33.7 Å². The molecule has 2 unspecified atom stereocenters. The summed E-state index contributed by atoms with van der Waals surface area (Å²) in [7, 11) is 1.92. The van der Waals surface area contributed by atoms with Gasteiger partial charge in [-0.15, -0.1) is 0 Å². The fourth-order valence-corrected chi connectivity index (χ4v) is 1.59. The molecule has 102 valence electrons. The smallest absolute Gasteiger partial charge is 0.108 e. The SMILES string of the molecule is CC/C=C(\C)CNCNC(C)N(C)C(O)CC. The predicted molar refractivity (Wildman–Crippen MR) is 73.6 cm³/mol. The van der Waals surface area contributed by atoms with Crippen molar-refractivity contribution in [1.29, 1.82) is 0 Å². The molecule has 0 amide bonds. The maximum Gasteiger partial charge on any atom is 0.108 e. The molecule has 17 heavy (non-hydrogen) atoms. The predicted octanol–water partition coefficient (Wildman–Crippen LogP) is 1.49. The van der Waals surface area contributed by atoms with Crippen LogP contribution in [0.4, 0.5) is 0 Å². The van der Waals surface area contributed by atoms with Crippen LogP contribution in [-0.4, -0.2) is 42.7 Å². The summed E-state index contributed by atoms with van der Waals surface area (Å²) in [6, 6.07) is 0. The first kappa shape index (κ1) is 16.6. The molecule has 0 aliphatic carbocycles. The molecule has 0 saturated heterocycles. The third-order valence-corrected chi connectivity index (χ3v) is 2.93. The van der Waals surface area contributed by atoms with Gasteiger partial charge in [0.1, 0.15) is 6.23 Å². The Morgan fingerprint density at radius 3 is 2.59 bits per heavy atom. The van der Waals surface area contributed by atoms with Gasteiger partial charge in [0.25, 0.3) is 0 Å². The number of hydrogen-bond acceptors (Lipinski definition) is 4. The summed E-state index contributed by atoms with van der Waals surface area (Å²) in [5.41, 5.74) is 1.36. The summed E-state index contributed by atoms with van der Waals surface area (Å²) in [5, 5.41) is 16.3. The number of allylic oxidation sites excluding steroid dienone is 1. The Labute approximate surface area is 106 Å². The lowest BCUT2D eigenvalue weighted by Gasteiger charge is -2.29. The van der Waals surface area contributed by atoms with Gasteiger partial charge in [0.2, 0.25) is 0 Å². The third-order valence-electron chi connectivity index (χ3n) is 2.93.